The van der Waals surface area contributed by atoms with Crippen molar-refractivity contribution in [2.45, 2.75) is 111 Å². The van der Waals surface area contributed by atoms with Crippen LogP contribution in [0.1, 0.15) is 120 Å². The fourth-order valence-electron chi connectivity index (χ4n) is 6.01. The highest BCUT2D eigenvalue weighted by Gasteiger charge is 2.18. The summed E-state index contributed by atoms with van der Waals surface area (Å²) in [5.74, 6) is 1.07. The molecule has 0 radical (unpaired) electrons. The van der Waals surface area contributed by atoms with E-state index >= 15 is 0 Å². The molecule has 48 heavy (non-hydrogen) atoms. The van der Waals surface area contributed by atoms with Crippen molar-refractivity contribution in [1.29, 1.82) is 0 Å². The number of carbonyl (C=O) groups is 1. The smallest absolute Gasteiger partial charge is 0.338 e. The Kier molecular flexibility index (Phi) is 14.9. The van der Waals surface area contributed by atoms with Crippen molar-refractivity contribution in [3.05, 3.63) is 77.9 Å². The van der Waals surface area contributed by atoms with Crippen LogP contribution in [0.5, 0.6) is 11.5 Å². The summed E-state index contributed by atoms with van der Waals surface area (Å²) in [6.45, 7) is 6.83. The van der Waals surface area contributed by atoms with E-state index in [1.807, 2.05) is 13.0 Å². The van der Waals surface area contributed by atoms with E-state index in [0.29, 0.717) is 40.6 Å². The fraction of sp³-hybridized carbons (Fsp3) is 0.463. The molecule has 0 saturated heterocycles. The van der Waals surface area contributed by atoms with Crippen LogP contribution in [-0.2, 0) is 4.74 Å². The topological polar surface area (TPSA) is 105 Å². The van der Waals surface area contributed by atoms with E-state index in [1.54, 1.807) is 60.7 Å². The maximum atomic E-state index is 13.2. The summed E-state index contributed by atoms with van der Waals surface area (Å²) < 4.78 is 5.88. The summed E-state index contributed by atoms with van der Waals surface area (Å²) in [7, 11) is 0. The number of phenolic OH excluding ortho intramolecular Hbond substituents is 2. The van der Waals surface area contributed by atoms with Gasteiger partial charge in [0.05, 0.1) is 23.3 Å². The number of carbonyl (C=O) groups excluding carboxylic acids is 1. The number of hydrogen-bond acceptors (Lipinski definition) is 7. The summed E-state index contributed by atoms with van der Waals surface area (Å²) >= 11 is 0. The molecule has 0 saturated carbocycles. The van der Waals surface area contributed by atoms with E-state index in [0.717, 1.165) is 18.4 Å². The molecule has 7 heteroatoms. The maximum Gasteiger partial charge on any atom is 0.338 e. The van der Waals surface area contributed by atoms with Crippen molar-refractivity contribution in [1.82, 2.24) is 15.0 Å². The molecule has 4 aromatic rings. The summed E-state index contributed by atoms with van der Waals surface area (Å²) in [5, 5.41) is 21.2. The number of hydrogen-bond donors (Lipinski definition) is 2. The second kappa shape index (κ2) is 19.5. The third kappa shape index (κ3) is 11.2. The Morgan fingerprint density at radius 1 is 0.646 bits per heavy atom. The predicted molar refractivity (Wildman–Crippen MR) is 194 cm³/mol. The van der Waals surface area contributed by atoms with E-state index in [4.69, 9.17) is 4.74 Å². The molecule has 1 aromatic heterocycles. The lowest BCUT2D eigenvalue weighted by molar-refractivity contribution is 0.0422. The third-order valence-electron chi connectivity index (χ3n) is 8.94. The molecule has 2 N–H and O–H groups in total. The number of para-hydroxylation sites is 1. The Labute approximate surface area is 286 Å². The lowest BCUT2D eigenvalue weighted by Gasteiger charge is -2.17. The van der Waals surface area contributed by atoms with Gasteiger partial charge in [-0.1, -0.05) is 121 Å². The van der Waals surface area contributed by atoms with Gasteiger partial charge < -0.3 is 14.9 Å². The zero-order valence-corrected chi connectivity index (χ0v) is 29.1. The highest BCUT2D eigenvalue weighted by Crippen LogP contribution is 2.33. The van der Waals surface area contributed by atoms with Gasteiger partial charge in [-0.05, 0) is 67.6 Å². The zero-order chi connectivity index (χ0) is 34.1. The Hall–Kier alpha value is -4.26. The first kappa shape index (κ1) is 36.6. The van der Waals surface area contributed by atoms with Gasteiger partial charge in [-0.3, -0.25) is 0 Å². The van der Waals surface area contributed by atoms with Crippen LogP contribution >= 0.6 is 0 Å². The lowest BCUT2D eigenvalue weighted by Crippen LogP contribution is -2.15. The molecule has 1 atom stereocenters. The third-order valence-corrected chi connectivity index (χ3v) is 8.94. The van der Waals surface area contributed by atoms with Gasteiger partial charge in [0.15, 0.2) is 17.5 Å². The van der Waals surface area contributed by atoms with Crippen LogP contribution in [0.25, 0.3) is 34.2 Å². The Morgan fingerprint density at radius 3 is 1.77 bits per heavy atom. The number of ether oxygens (including phenoxy) is 1. The Bertz CT molecular complexity index is 1570. The van der Waals surface area contributed by atoms with Crippen molar-refractivity contribution in [3.63, 3.8) is 0 Å². The standard InChI is InChI=1S/C41H53N3O4/c1-4-6-8-10-11-13-15-19-31(18-14-12-9-7-5-2)29-48-41(47)33-25-23-32(24-26-33)38-42-39(34-20-16-17-21-36(34)45)44-40(43-38)35-27-22-30(3)28-37(35)46/h16-17,20-28,31,45-46H,4-15,18-19,29H2,1-3H3. The van der Waals surface area contributed by atoms with Gasteiger partial charge in [-0.2, -0.15) is 0 Å². The van der Waals surface area contributed by atoms with E-state index in [1.165, 1.54) is 77.0 Å². The number of unbranched alkanes of at least 4 members (excludes halogenated alkanes) is 10. The summed E-state index contributed by atoms with van der Waals surface area (Å²) in [6.07, 6.45) is 17.4. The first-order valence-corrected chi connectivity index (χ1v) is 18.0. The van der Waals surface area contributed by atoms with E-state index in [9.17, 15) is 15.0 Å². The monoisotopic (exact) mass is 651 g/mol. The first-order chi connectivity index (χ1) is 23.4. The van der Waals surface area contributed by atoms with Gasteiger partial charge in [0.1, 0.15) is 11.5 Å². The summed E-state index contributed by atoms with van der Waals surface area (Å²) in [5.41, 5.74) is 2.96. The molecule has 0 bridgehead atoms. The highest BCUT2D eigenvalue weighted by molar-refractivity contribution is 5.90. The van der Waals surface area contributed by atoms with Crippen LogP contribution in [0.3, 0.4) is 0 Å². The minimum absolute atomic E-state index is 0.0399. The molecule has 1 unspecified atom stereocenters. The van der Waals surface area contributed by atoms with Crippen LogP contribution in [0, 0.1) is 12.8 Å². The van der Waals surface area contributed by atoms with Crippen molar-refractivity contribution in [2.75, 3.05) is 6.61 Å². The van der Waals surface area contributed by atoms with E-state index in [-0.39, 0.29) is 29.1 Å². The molecule has 0 aliphatic heterocycles. The summed E-state index contributed by atoms with van der Waals surface area (Å²) in [6, 6.07) is 19.2. The molecular weight excluding hydrogens is 598 g/mol. The molecule has 7 nitrogen and oxygen atoms in total. The van der Waals surface area contributed by atoms with Crippen LogP contribution in [-0.4, -0.2) is 37.7 Å². The molecular formula is C41H53N3O4. The van der Waals surface area contributed by atoms with E-state index in [2.05, 4.69) is 28.8 Å². The van der Waals surface area contributed by atoms with Crippen molar-refractivity contribution in [2.24, 2.45) is 5.92 Å². The predicted octanol–water partition coefficient (Wildman–Crippen LogP) is 10.9. The van der Waals surface area contributed by atoms with Gasteiger partial charge in [-0.15, -0.1) is 0 Å². The molecule has 0 spiro atoms. The number of aromatic nitrogens is 3. The number of phenols is 2. The quantitative estimate of drug-likeness (QED) is 0.0723. The van der Waals surface area contributed by atoms with Gasteiger partial charge in [0, 0.05) is 5.56 Å². The maximum absolute atomic E-state index is 13.2. The SMILES string of the molecule is CCCCCCCCCC(CCCCCCC)COC(=O)c1ccc(-c2nc(-c3ccccc3O)nc(-c3ccc(C)cc3O)n2)cc1. The Balaban J connectivity index is 1.46. The average molecular weight is 652 g/mol. The van der Waals surface area contributed by atoms with Crippen LogP contribution in [0.4, 0.5) is 0 Å². The minimum atomic E-state index is -0.326. The largest absolute Gasteiger partial charge is 0.507 e. The number of esters is 1. The van der Waals surface area contributed by atoms with Crippen LogP contribution in [0.15, 0.2) is 66.7 Å². The number of rotatable bonds is 20. The summed E-state index contributed by atoms with van der Waals surface area (Å²) in [4.78, 5) is 27.1. The van der Waals surface area contributed by atoms with Gasteiger partial charge in [0.2, 0.25) is 0 Å². The second-order valence-electron chi connectivity index (χ2n) is 13.0. The van der Waals surface area contributed by atoms with Gasteiger partial charge in [0.25, 0.3) is 0 Å². The number of aromatic hydroxyl groups is 2. The lowest BCUT2D eigenvalue weighted by atomic mass is 9.95. The molecule has 0 aliphatic rings. The Morgan fingerprint density at radius 2 is 1.19 bits per heavy atom. The molecule has 0 fully saturated rings. The minimum Gasteiger partial charge on any atom is -0.507 e. The zero-order valence-electron chi connectivity index (χ0n) is 29.1. The first-order valence-electron chi connectivity index (χ1n) is 18.0. The van der Waals surface area contributed by atoms with Crippen LogP contribution in [0.2, 0.25) is 0 Å². The van der Waals surface area contributed by atoms with Crippen molar-refractivity contribution < 1.29 is 19.7 Å². The van der Waals surface area contributed by atoms with E-state index < -0.39 is 0 Å². The van der Waals surface area contributed by atoms with Crippen molar-refractivity contribution >= 4 is 5.97 Å². The fourth-order valence-corrected chi connectivity index (χ4v) is 6.01. The number of benzene rings is 3. The van der Waals surface area contributed by atoms with Gasteiger partial charge >= 0.3 is 5.97 Å². The highest BCUT2D eigenvalue weighted by atomic mass is 16.5. The number of aryl methyl sites for hydroxylation is 1. The molecule has 3 aromatic carbocycles. The van der Waals surface area contributed by atoms with Crippen LogP contribution < -0.4 is 0 Å². The number of nitrogens with zero attached hydrogens (tertiary/aromatic N) is 3. The molecule has 4 rings (SSSR count). The second-order valence-corrected chi connectivity index (χ2v) is 13.0. The molecule has 0 aliphatic carbocycles. The molecule has 0 amide bonds. The molecule has 1 heterocycles. The normalized spacial score (nSPS) is 11.8. The van der Waals surface area contributed by atoms with Gasteiger partial charge in [-0.25, -0.2) is 19.7 Å². The molecule has 256 valence electrons. The average Bonchev–Trinajstić information content (AvgIpc) is 3.09. The van der Waals surface area contributed by atoms with Crippen molar-refractivity contribution in [3.8, 4) is 45.7 Å².